The molecule has 2 fully saturated rings. The number of hydrogen-bond acceptors (Lipinski definition) is 3. The topological polar surface area (TPSA) is 26.7 Å². The van der Waals surface area contributed by atoms with Gasteiger partial charge in [0.2, 0.25) is 0 Å². The Bertz CT molecular complexity index is 272. The number of nitrogens with zero attached hydrogens (tertiary/aromatic N) is 2. The summed E-state index contributed by atoms with van der Waals surface area (Å²) in [4.78, 5) is 4.94. The van der Waals surface area contributed by atoms with Gasteiger partial charge in [-0.05, 0) is 58.2 Å². The molecule has 0 spiro atoms. The van der Waals surface area contributed by atoms with Crippen LogP contribution in [-0.2, 0) is 0 Å². The number of aliphatic hydroxyl groups is 1. The van der Waals surface area contributed by atoms with E-state index in [2.05, 4.69) is 37.7 Å². The van der Waals surface area contributed by atoms with Crippen molar-refractivity contribution in [2.75, 3.05) is 33.7 Å². The molecule has 0 amide bonds. The normalized spacial score (nSPS) is 41.1. The van der Waals surface area contributed by atoms with E-state index in [1.54, 1.807) is 0 Å². The van der Waals surface area contributed by atoms with Crippen molar-refractivity contribution in [3.05, 3.63) is 0 Å². The van der Waals surface area contributed by atoms with Crippen LogP contribution in [0.25, 0.3) is 0 Å². The van der Waals surface area contributed by atoms with Gasteiger partial charge in [0.25, 0.3) is 0 Å². The van der Waals surface area contributed by atoms with Gasteiger partial charge in [-0.15, -0.1) is 0 Å². The monoisotopic (exact) mass is 268 g/mol. The molecule has 2 aliphatic rings. The molecule has 0 aromatic carbocycles. The fourth-order valence-electron chi connectivity index (χ4n) is 4.18. The summed E-state index contributed by atoms with van der Waals surface area (Å²) >= 11 is 0. The summed E-state index contributed by atoms with van der Waals surface area (Å²) in [5.74, 6) is 1.81. The largest absolute Gasteiger partial charge is 0.393 e. The number of likely N-dealkylation sites (N-methyl/N-ethyl adjacent to an activating group) is 2. The smallest absolute Gasteiger partial charge is 0.0585 e. The van der Waals surface area contributed by atoms with Crippen LogP contribution >= 0.6 is 0 Å². The van der Waals surface area contributed by atoms with E-state index in [1.807, 2.05) is 0 Å². The molecule has 1 aliphatic carbocycles. The number of hydrogen-bond donors (Lipinski definition) is 1. The van der Waals surface area contributed by atoms with Gasteiger partial charge in [-0.3, -0.25) is 0 Å². The Morgan fingerprint density at radius 3 is 2.53 bits per heavy atom. The van der Waals surface area contributed by atoms with Crippen LogP contribution in [0.5, 0.6) is 0 Å². The molecule has 1 N–H and O–H groups in total. The zero-order valence-corrected chi connectivity index (χ0v) is 13.2. The molecule has 19 heavy (non-hydrogen) atoms. The maximum atomic E-state index is 10.3. The van der Waals surface area contributed by atoms with Crippen molar-refractivity contribution in [3.8, 4) is 0 Å². The zero-order chi connectivity index (χ0) is 14.0. The second-order valence-electron chi connectivity index (χ2n) is 7.28. The van der Waals surface area contributed by atoms with Crippen molar-refractivity contribution in [2.45, 2.75) is 51.7 Å². The maximum Gasteiger partial charge on any atom is 0.0585 e. The van der Waals surface area contributed by atoms with Crippen molar-refractivity contribution in [1.29, 1.82) is 0 Å². The summed E-state index contributed by atoms with van der Waals surface area (Å²) in [5.41, 5.74) is 0. The summed E-state index contributed by atoms with van der Waals surface area (Å²) in [5, 5.41) is 10.3. The lowest BCUT2D eigenvalue weighted by Gasteiger charge is -2.39. The van der Waals surface area contributed by atoms with Gasteiger partial charge in [0, 0.05) is 25.0 Å². The molecular weight excluding hydrogens is 236 g/mol. The van der Waals surface area contributed by atoms with Gasteiger partial charge in [0.15, 0.2) is 0 Å². The molecule has 1 aliphatic heterocycles. The van der Waals surface area contributed by atoms with Crippen LogP contribution in [0, 0.1) is 17.8 Å². The molecule has 0 radical (unpaired) electrons. The predicted molar refractivity (Wildman–Crippen MR) is 80.2 cm³/mol. The van der Waals surface area contributed by atoms with Crippen LogP contribution in [0.2, 0.25) is 0 Å². The van der Waals surface area contributed by atoms with Crippen molar-refractivity contribution in [1.82, 2.24) is 9.80 Å². The Balaban J connectivity index is 1.82. The van der Waals surface area contributed by atoms with Crippen LogP contribution in [-0.4, -0.2) is 60.8 Å². The van der Waals surface area contributed by atoms with Crippen molar-refractivity contribution in [3.63, 3.8) is 0 Å². The molecule has 1 saturated carbocycles. The minimum Gasteiger partial charge on any atom is -0.393 e. The van der Waals surface area contributed by atoms with Crippen molar-refractivity contribution >= 4 is 0 Å². The van der Waals surface area contributed by atoms with E-state index in [9.17, 15) is 5.11 Å². The maximum absolute atomic E-state index is 10.3. The highest BCUT2D eigenvalue weighted by Crippen LogP contribution is 2.34. The number of rotatable bonds is 4. The molecular formula is C16H32N2O. The highest BCUT2D eigenvalue weighted by atomic mass is 16.3. The fourth-order valence-corrected chi connectivity index (χ4v) is 4.18. The van der Waals surface area contributed by atoms with Crippen LogP contribution in [0.4, 0.5) is 0 Å². The number of likely N-dealkylation sites (tertiary alicyclic amines) is 1. The van der Waals surface area contributed by atoms with Crippen LogP contribution in [0.15, 0.2) is 0 Å². The minimum absolute atomic E-state index is 0.0949. The molecule has 112 valence electrons. The van der Waals surface area contributed by atoms with Crippen LogP contribution < -0.4 is 0 Å². The van der Waals surface area contributed by atoms with E-state index in [-0.39, 0.29) is 6.10 Å². The summed E-state index contributed by atoms with van der Waals surface area (Å²) in [6, 6.07) is 0.722. The molecule has 1 heterocycles. The minimum atomic E-state index is -0.0949. The Hall–Kier alpha value is -0.120. The first-order valence-corrected chi connectivity index (χ1v) is 8.04. The molecule has 0 aromatic rings. The SMILES string of the molecule is CC1CC(C)C(CN(C)CC2CCCN2C)C(O)C1. The van der Waals surface area contributed by atoms with E-state index in [1.165, 1.54) is 25.8 Å². The molecule has 5 unspecified atom stereocenters. The Morgan fingerprint density at radius 1 is 1.21 bits per heavy atom. The van der Waals surface area contributed by atoms with Crippen LogP contribution in [0.1, 0.15) is 39.5 Å². The first-order chi connectivity index (χ1) is 8.97. The summed E-state index contributed by atoms with van der Waals surface area (Å²) in [6.07, 6.45) is 4.85. The van der Waals surface area contributed by atoms with E-state index in [0.29, 0.717) is 17.8 Å². The molecule has 0 aromatic heterocycles. The van der Waals surface area contributed by atoms with E-state index >= 15 is 0 Å². The van der Waals surface area contributed by atoms with Gasteiger partial charge in [-0.25, -0.2) is 0 Å². The zero-order valence-electron chi connectivity index (χ0n) is 13.2. The predicted octanol–water partition coefficient (Wildman–Crippen LogP) is 2.06. The van der Waals surface area contributed by atoms with E-state index < -0.39 is 0 Å². The second kappa shape index (κ2) is 6.55. The quantitative estimate of drug-likeness (QED) is 0.845. The van der Waals surface area contributed by atoms with Gasteiger partial charge in [0.1, 0.15) is 0 Å². The first-order valence-electron chi connectivity index (χ1n) is 8.04. The molecule has 3 heteroatoms. The number of aliphatic hydroxyl groups excluding tert-OH is 1. The lowest BCUT2D eigenvalue weighted by molar-refractivity contribution is -0.000577. The summed E-state index contributed by atoms with van der Waals surface area (Å²) < 4.78 is 0. The summed E-state index contributed by atoms with van der Waals surface area (Å²) in [6.45, 7) is 8.05. The lowest BCUT2D eigenvalue weighted by Crippen LogP contribution is -2.44. The van der Waals surface area contributed by atoms with Crippen molar-refractivity contribution < 1.29 is 5.11 Å². The highest BCUT2D eigenvalue weighted by Gasteiger charge is 2.34. The van der Waals surface area contributed by atoms with Gasteiger partial charge in [0.05, 0.1) is 6.10 Å². The van der Waals surface area contributed by atoms with Gasteiger partial charge in [-0.2, -0.15) is 0 Å². The molecule has 5 atom stereocenters. The summed E-state index contributed by atoms with van der Waals surface area (Å²) in [7, 11) is 4.47. The van der Waals surface area contributed by atoms with Gasteiger partial charge >= 0.3 is 0 Å². The molecule has 2 rings (SSSR count). The van der Waals surface area contributed by atoms with Crippen molar-refractivity contribution in [2.24, 2.45) is 17.8 Å². The van der Waals surface area contributed by atoms with E-state index in [0.717, 1.165) is 25.6 Å². The third kappa shape index (κ3) is 3.93. The Morgan fingerprint density at radius 2 is 1.95 bits per heavy atom. The first kappa shape index (κ1) is 15.3. The highest BCUT2D eigenvalue weighted by molar-refractivity contribution is 4.86. The fraction of sp³-hybridized carbons (Fsp3) is 1.00. The van der Waals surface area contributed by atoms with Gasteiger partial charge < -0.3 is 14.9 Å². The molecule has 0 bridgehead atoms. The Kier molecular flexibility index (Phi) is 5.27. The third-order valence-electron chi connectivity index (χ3n) is 5.36. The molecule has 3 nitrogen and oxygen atoms in total. The lowest BCUT2D eigenvalue weighted by atomic mass is 9.73. The Labute approximate surface area is 119 Å². The third-order valence-corrected chi connectivity index (χ3v) is 5.36. The van der Waals surface area contributed by atoms with Gasteiger partial charge in [-0.1, -0.05) is 13.8 Å². The van der Waals surface area contributed by atoms with Crippen LogP contribution in [0.3, 0.4) is 0 Å². The van der Waals surface area contributed by atoms with E-state index in [4.69, 9.17) is 0 Å². The molecule has 1 saturated heterocycles. The standard InChI is InChI=1S/C16H32N2O/c1-12-8-13(2)15(16(19)9-12)11-17(3)10-14-6-5-7-18(14)4/h12-16,19H,5-11H2,1-4H3. The second-order valence-corrected chi connectivity index (χ2v) is 7.28. The average molecular weight is 268 g/mol. The average Bonchev–Trinajstić information content (AvgIpc) is 2.69.